The van der Waals surface area contributed by atoms with Crippen molar-refractivity contribution in [1.82, 2.24) is 0 Å². The molecule has 116 valence electrons. The van der Waals surface area contributed by atoms with E-state index in [1.165, 1.54) is 0 Å². The van der Waals surface area contributed by atoms with E-state index in [4.69, 9.17) is 9.15 Å². The number of ketones is 1. The summed E-state index contributed by atoms with van der Waals surface area (Å²) >= 11 is 3.39. The molecule has 0 atom stereocenters. The number of benzene rings is 2. The van der Waals surface area contributed by atoms with Gasteiger partial charge >= 0.3 is 0 Å². The molecule has 0 unspecified atom stereocenters. The van der Waals surface area contributed by atoms with Crippen LogP contribution in [0.3, 0.4) is 0 Å². The van der Waals surface area contributed by atoms with Crippen molar-refractivity contribution >= 4 is 21.7 Å². The lowest BCUT2D eigenvalue weighted by molar-refractivity contribution is 0.103. The summed E-state index contributed by atoms with van der Waals surface area (Å²) in [5, 5.41) is 0.483. The molecule has 4 heteroatoms. The highest BCUT2D eigenvalue weighted by Crippen LogP contribution is 2.29. The Morgan fingerprint density at radius 2 is 1.78 bits per heavy atom. The SMILES string of the molecule is COc1ccc(C(=O)c2cc(-c3ccccc3)oc2CBr)cc1. The number of carbonyl (C=O) groups is 1. The Morgan fingerprint density at radius 3 is 2.39 bits per heavy atom. The van der Waals surface area contributed by atoms with Crippen LogP contribution >= 0.6 is 15.9 Å². The summed E-state index contributed by atoms with van der Waals surface area (Å²) in [5.41, 5.74) is 2.13. The minimum absolute atomic E-state index is 0.0620. The molecule has 1 heterocycles. The third-order valence-corrected chi connectivity index (χ3v) is 4.09. The lowest BCUT2D eigenvalue weighted by Crippen LogP contribution is -2.02. The highest BCUT2D eigenvalue weighted by molar-refractivity contribution is 9.08. The highest BCUT2D eigenvalue weighted by Gasteiger charge is 2.19. The minimum atomic E-state index is -0.0620. The van der Waals surface area contributed by atoms with Gasteiger partial charge in [0.05, 0.1) is 18.0 Å². The van der Waals surface area contributed by atoms with E-state index < -0.39 is 0 Å². The van der Waals surface area contributed by atoms with Crippen LogP contribution in [0.1, 0.15) is 21.7 Å². The number of methoxy groups -OCH3 is 1. The summed E-state index contributed by atoms with van der Waals surface area (Å²) in [7, 11) is 1.60. The van der Waals surface area contributed by atoms with Crippen molar-refractivity contribution in [1.29, 1.82) is 0 Å². The van der Waals surface area contributed by atoms with Gasteiger partial charge in [0.25, 0.3) is 0 Å². The molecule has 2 aromatic carbocycles. The molecule has 0 saturated heterocycles. The Bertz CT molecular complexity index is 804. The topological polar surface area (TPSA) is 39.4 Å². The molecule has 0 N–H and O–H groups in total. The average Bonchev–Trinajstić information content (AvgIpc) is 3.06. The van der Waals surface area contributed by atoms with Gasteiger partial charge in [-0.15, -0.1) is 0 Å². The quantitative estimate of drug-likeness (QED) is 0.464. The van der Waals surface area contributed by atoms with E-state index in [0.29, 0.717) is 28.0 Å². The second-order valence-corrected chi connectivity index (χ2v) is 5.57. The fourth-order valence-electron chi connectivity index (χ4n) is 2.36. The van der Waals surface area contributed by atoms with Gasteiger partial charge in [-0.2, -0.15) is 0 Å². The van der Waals surface area contributed by atoms with Crippen molar-refractivity contribution in [2.45, 2.75) is 5.33 Å². The smallest absolute Gasteiger partial charge is 0.196 e. The largest absolute Gasteiger partial charge is 0.497 e. The summed E-state index contributed by atoms with van der Waals surface area (Å²) in [6.07, 6.45) is 0. The normalized spacial score (nSPS) is 10.5. The van der Waals surface area contributed by atoms with Crippen molar-refractivity contribution in [3.8, 4) is 17.1 Å². The Kier molecular flexibility index (Phi) is 4.63. The van der Waals surface area contributed by atoms with Crippen LogP contribution in [0.5, 0.6) is 5.75 Å². The monoisotopic (exact) mass is 370 g/mol. The van der Waals surface area contributed by atoms with Gasteiger partial charge in [0.2, 0.25) is 0 Å². The number of rotatable bonds is 5. The highest BCUT2D eigenvalue weighted by atomic mass is 79.9. The van der Waals surface area contributed by atoms with E-state index in [0.717, 1.165) is 11.3 Å². The first-order chi connectivity index (χ1) is 11.2. The zero-order chi connectivity index (χ0) is 16.2. The molecule has 0 fully saturated rings. The summed E-state index contributed by atoms with van der Waals surface area (Å²) in [6.45, 7) is 0. The first-order valence-corrected chi connectivity index (χ1v) is 8.28. The lowest BCUT2D eigenvalue weighted by Gasteiger charge is -2.02. The maximum Gasteiger partial charge on any atom is 0.196 e. The molecular formula is C19H15BrO3. The molecule has 0 aliphatic rings. The van der Waals surface area contributed by atoms with Crippen LogP contribution in [-0.4, -0.2) is 12.9 Å². The van der Waals surface area contributed by atoms with Gasteiger partial charge in [0.1, 0.15) is 17.3 Å². The fourth-order valence-corrected chi connectivity index (χ4v) is 2.78. The summed E-state index contributed by atoms with van der Waals surface area (Å²) < 4.78 is 11.0. The van der Waals surface area contributed by atoms with Gasteiger partial charge in [0.15, 0.2) is 5.78 Å². The van der Waals surface area contributed by atoms with Crippen LogP contribution in [0.25, 0.3) is 11.3 Å². The Labute approximate surface area is 143 Å². The third-order valence-electron chi connectivity index (χ3n) is 3.59. The van der Waals surface area contributed by atoms with Gasteiger partial charge in [-0.3, -0.25) is 4.79 Å². The van der Waals surface area contributed by atoms with Crippen LogP contribution in [-0.2, 0) is 5.33 Å². The average molecular weight is 371 g/mol. The first kappa shape index (κ1) is 15.6. The predicted molar refractivity (Wildman–Crippen MR) is 93.2 cm³/mol. The molecule has 1 aromatic heterocycles. The molecule has 0 spiro atoms. The van der Waals surface area contributed by atoms with Gasteiger partial charge in [0, 0.05) is 11.1 Å². The van der Waals surface area contributed by atoms with E-state index in [9.17, 15) is 4.79 Å². The van der Waals surface area contributed by atoms with Crippen molar-refractivity contribution in [3.63, 3.8) is 0 Å². The Morgan fingerprint density at radius 1 is 1.09 bits per heavy atom. The second-order valence-electron chi connectivity index (χ2n) is 5.00. The molecule has 0 aliphatic carbocycles. The molecule has 23 heavy (non-hydrogen) atoms. The van der Waals surface area contributed by atoms with Crippen LogP contribution in [0.15, 0.2) is 65.1 Å². The van der Waals surface area contributed by atoms with Crippen molar-refractivity contribution in [3.05, 3.63) is 77.6 Å². The Balaban J connectivity index is 1.98. The van der Waals surface area contributed by atoms with Gasteiger partial charge in [-0.05, 0) is 30.3 Å². The van der Waals surface area contributed by atoms with Gasteiger partial charge in [-0.25, -0.2) is 0 Å². The molecule has 3 nitrogen and oxygen atoms in total. The van der Waals surface area contributed by atoms with E-state index >= 15 is 0 Å². The summed E-state index contributed by atoms with van der Waals surface area (Å²) in [5.74, 6) is 1.98. The van der Waals surface area contributed by atoms with Gasteiger partial charge < -0.3 is 9.15 Å². The second kappa shape index (κ2) is 6.84. The molecule has 3 aromatic rings. The molecule has 0 aliphatic heterocycles. The molecule has 0 bridgehead atoms. The maximum absolute atomic E-state index is 12.7. The van der Waals surface area contributed by atoms with Crippen LogP contribution in [0, 0.1) is 0 Å². The van der Waals surface area contributed by atoms with E-state index in [1.807, 2.05) is 30.3 Å². The zero-order valence-electron chi connectivity index (χ0n) is 12.6. The van der Waals surface area contributed by atoms with Crippen molar-refractivity contribution < 1.29 is 13.9 Å². The molecule has 0 radical (unpaired) electrons. The predicted octanol–water partition coefficient (Wildman–Crippen LogP) is 5.08. The summed E-state index contributed by atoms with van der Waals surface area (Å²) in [4.78, 5) is 12.7. The van der Waals surface area contributed by atoms with E-state index in [1.54, 1.807) is 37.4 Å². The molecule has 0 amide bonds. The maximum atomic E-state index is 12.7. The zero-order valence-corrected chi connectivity index (χ0v) is 14.2. The van der Waals surface area contributed by atoms with Crippen LogP contribution in [0.4, 0.5) is 0 Å². The first-order valence-electron chi connectivity index (χ1n) is 7.15. The standard InChI is InChI=1S/C19H15BrO3/c1-22-15-9-7-14(8-10-15)19(21)16-11-17(23-18(16)12-20)13-5-3-2-4-6-13/h2-11H,12H2,1H3. The Hall–Kier alpha value is -2.33. The number of halogens is 1. The number of hydrogen-bond acceptors (Lipinski definition) is 3. The van der Waals surface area contributed by atoms with E-state index in [-0.39, 0.29) is 5.78 Å². The van der Waals surface area contributed by atoms with E-state index in [2.05, 4.69) is 15.9 Å². The number of carbonyl (C=O) groups excluding carboxylic acids is 1. The number of ether oxygens (including phenoxy) is 1. The fraction of sp³-hybridized carbons (Fsp3) is 0.105. The lowest BCUT2D eigenvalue weighted by atomic mass is 10.0. The van der Waals surface area contributed by atoms with Crippen LogP contribution in [0.2, 0.25) is 0 Å². The van der Waals surface area contributed by atoms with Crippen LogP contribution < -0.4 is 4.74 Å². The van der Waals surface area contributed by atoms with Crippen molar-refractivity contribution in [2.24, 2.45) is 0 Å². The minimum Gasteiger partial charge on any atom is -0.497 e. The molecular weight excluding hydrogens is 356 g/mol. The number of hydrogen-bond donors (Lipinski definition) is 0. The number of alkyl halides is 1. The van der Waals surface area contributed by atoms with Gasteiger partial charge in [-0.1, -0.05) is 46.3 Å². The number of furan rings is 1. The third kappa shape index (κ3) is 3.22. The summed E-state index contributed by atoms with van der Waals surface area (Å²) in [6, 6.07) is 18.6. The molecule has 3 rings (SSSR count). The van der Waals surface area contributed by atoms with Crippen molar-refractivity contribution in [2.75, 3.05) is 7.11 Å². The molecule has 0 saturated carbocycles.